The van der Waals surface area contributed by atoms with Gasteiger partial charge in [0.05, 0.1) is 12.8 Å². The molecule has 2 aliphatic rings. The van der Waals surface area contributed by atoms with Crippen LogP contribution in [-0.2, 0) is 12.8 Å². The number of benzene rings is 2. The monoisotopic (exact) mass is 417 g/mol. The Labute approximate surface area is 179 Å². The van der Waals surface area contributed by atoms with Crippen LogP contribution in [0.25, 0.3) is 0 Å². The number of anilines is 1. The molecule has 1 N–H and O–H groups in total. The first kappa shape index (κ1) is 21.8. The molecular formula is C23H30ClN2O3-. The van der Waals surface area contributed by atoms with Crippen molar-refractivity contribution in [2.75, 3.05) is 51.3 Å². The molecule has 1 saturated heterocycles. The molecule has 1 aliphatic carbocycles. The van der Waals surface area contributed by atoms with Gasteiger partial charge in [0.15, 0.2) is 0 Å². The molecule has 0 saturated carbocycles. The minimum Gasteiger partial charge on any atom is -1.00 e. The second-order valence-electron chi connectivity index (χ2n) is 7.71. The van der Waals surface area contributed by atoms with E-state index >= 15 is 0 Å². The van der Waals surface area contributed by atoms with E-state index in [4.69, 9.17) is 9.47 Å². The number of nitrogens with zero attached hydrogens (tertiary/aromatic N) is 2. The quantitative estimate of drug-likeness (QED) is 0.673. The van der Waals surface area contributed by atoms with Crippen molar-refractivity contribution in [2.24, 2.45) is 0 Å². The van der Waals surface area contributed by atoms with Gasteiger partial charge < -0.3 is 31.9 Å². The van der Waals surface area contributed by atoms with Crippen molar-refractivity contribution in [1.29, 1.82) is 0 Å². The molecule has 0 radical (unpaired) electrons. The predicted molar refractivity (Wildman–Crippen MR) is 112 cm³/mol. The average molecular weight is 418 g/mol. The van der Waals surface area contributed by atoms with Crippen molar-refractivity contribution in [2.45, 2.75) is 25.4 Å². The van der Waals surface area contributed by atoms with Crippen LogP contribution in [-0.4, -0.2) is 62.6 Å². The van der Waals surface area contributed by atoms with Crippen LogP contribution in [0.3, 0.4) is 0 Å². The van der Waals surface area contributed by atoms with Crippen LogP contribution in [0.1, 0.15) is 17.5 Å². The molecule has 1 aliphatic heterocycles. The fourth-order valence-corrected chi connectivity index (χ4v) is 4.24. The van der Waals surface area contributed by atoms with Crippen molar-refractivity contribution in [3.8, 4) is 11.5 Å². The molecule has 29 heavy (non-hydrogen) atoms. The summed E-state index contributed by atoms with van der Waals surface area (Å²) in [6.45, 7) is 4.69. The molecule has 0 aromatic heterocycles. The molecule has 0 amide bonds. The number of rotatable bonds is 7. The van der Waals surface area contributed by atoms with Crippen molar-refractivity contribution >= 4 is 5.69 Å². The molecule has 2 aromatic rings. The van der Waals surface area contributed by atoms with E-state index in [1.807, 2.05) is 24.3 Å². The Hall–Kier alpha value is -1.95. The van der Waals surface area contributed by atoms with Crippen LogP contribution < -0.4 is 26.8 Å². The van der Waals surface area contributed by atoms with Gasteiger partial charge in [0.1, 0.15) is 24.2 Å². The molecule has 1 fully saturated rings. The number of halogens is 1. The lowest BCUT2D eigenvalue weighted by Gasteiger charge is -2.37. The van der Waals surface area contributed by atoms with Gasteiger partial charge in [0.2, 0.25) is 0 Å². The Bertz CT molecular complexity index is 793. The minimum atomic E-state index is -0.480. The summed E-state index contributed by atoms with van der Waals surface area (Å²) >= 11 is 0. The van der Waals surface area contributed by atoms with Crippen molar-refractivity contribution in [3.63, 3.8) is 0 Å². The van der Waals surface area contributed by atoms with Gasteiger partial charge in [-0.1, -0.05) is 18.2 Å². The zero-order valence-electron chi connectivity index (χ0n) is 17.0. The van der Waals surface area contributed by atoms with Gasteiger partial charge in [-0.15, -0.1) is 0 Å². The number of ether oxygens (including phenoxy) is 2. The number of aryl methyl sites for hydroxylation is 2. The first-order chi connectivity index (χ1) is 13.7. The second kappa shape index (κ2) is 10.2. The predicted octanol–water partition coefficient (Wildman–Crippen LogP) is -0.250. The summed E-state index contributed by atoms with van der Waals surface area (Å²) in [5.41, 5.74) is 3.99. The lowest BCUT2D eigenvalue weighted by molar-refractivity contribution is -0.00000818. The number of β-amino-alcohol motifs (C(OH)–C–C–N with tert-alkyl or cyclic N) is 1. The molecule has 158 valence electrons. The van der Waals surface area contributed by atoms with Crippen LogP contribution in [0.2, 0.25) is 0 Å². The first-order valence-corrected chi connectivity index (χ1v) is 10.3. The van der Waals surface area contributed by atoms with Crippen molar-refractivity contribution in [1.82, 2.24) is 4.90 Å². The summed E-state index contributed by atoms with van der Waals surface area (Å²) in [5.74, 6) is 1.79. The molecule has 1 atom stereocenters. The Morgan fingerprint density at radius 1 is 1.00 bits per heavy atom. The fourth-order valence-electron chi connectivity index (χ4n) is 4.24. The van der Waals surface area contributed by atoms with E-state index < -0.39 is 6.10 Å². The minimum absolute atomic E-state index is 0. The highest BCUT2D eigenvalue weighted by atomic mass is 35.5. The van der Waals surface area contributed by atoms with Gasteiger partial charge in [-0.3, -0.25) is 4.90 Å². The average Bonchev–Trinajstić information content (AvgIpc) is 3.21. The van der Waals surface area contributed by atoms with Gasteiger partial charge in [-0.05, 0) is 54.7 Å². The molecule has 4 rings (SSSR count). The molecular weight excluding hydrogens is 388 g/mol. The number of aliphatic hydroxyl groups is 1. The lowest BCUT2D eigenvalue weighted by Crippen LogP contribution is -3.00. The van der Waals surface area contributed by atoms with Crippen LogP contribution in [0.15, 0.2) is 42.5 Å². The van der Waals surface area contributed by atoms with E-state index in [1.165, 1.54) is 24.0 Å². The van der Waals surface area contributed by atoms with E-state index in [2.05, 4.69) is 28.0 Å². The van der Waals surface area contributed by atoms with Gasteiger partial charge in [0.25, 0.3) is 0 Å². The zero-order chi connectivity index (χ0) is 19.3. The molecule has 6 heteroatoms. The van der Waals surface area contributed by atoms with E-state index in [9.17, 15) is 5.11 Å². The van der Waals surface area contributed by atoms with E-state index in [-0.39, 0.29) is 12.4 Å². The Morgan fingerprint density at radius 2 is 1.76 bits per heavy atom. The Balaban J connectivity index is 0.00000240. The topological polar surface area (TPSA) is 45.2 Å². The third kappa shape index (κ3) is 5.35. The van der Waals surface area contributed by atoms with Gasteiger partial charge in [0, 0.05) is 32.7 Å². The number of methoxy groups -OCH3 is 1. The number of piperazine rings is 1. The smallest absolute Gasteiger partial charge is 0.142 e. The highest BCUT2D eigenvalue weighted by Gasteiger charge is 2.21. The van der Waals surface area contributed by atoms with E-state index in [0.29, 0.717) is 13.2 Å². The number of hydrogen-bond donors (Lipinski definition) is 1. The third-order valence-corrected chi connectivity index (χ3v) is 5.78. The molecule has 5 nitrogen and oxygen atoms in total. The van der Waals surface area contributed by atoms with Gasteiger partial charge in [-0.2, -0.15) is 0 Å². The third-order valence-electron chi connectivity index (χ3n) is 5.78. The van der Waals surface area contributed by atoms with E-state index in [0.717, 1.165) is 49.8 Å². The molecule has 0 spiro atoms. The van der Waals surface area contributed by atoms with Crippen molar-refractivity contribution < 1.29 is 27.0 Å². The Morgan fingerprint density at radius 3 is 2.55 bits per heavy atom. The summed E-state index contributed by atoms with van der Waals surface area (Å²) in [5, 5.41) is 10.4. The maximum atomic E-state index is 10.4. The number of fused-ring (bicyclic) bond motifs is 1. The summed E-state index contributed by atoms with van der Waals surface area (Å²) in [6, 6.07) is 14.5. The van der Waals surface area contributed by atoms with Gasteiger partial charge in [-0.25, -0.2) is 0 Å². The summed E-state index contributed by atoms with van der Waals surface area (Å²) < 4.78 is 11.3. The number of para-hydroxylation sites is 2. The first-order valence-electron chi connectivity index (χ1n) is 10.3. The zero-order valence-corrected chi connectivity index (χ0v) is 17.8. The lowest BCUT2D eigenvalue weighted by atomic mass is 10.1. The largest absolute Gasteiger partial charge is 1.00 e. The SMILES string of the molecule is COc1ccccc1N1CCN(CC(O)COc2ccc3c(c2)CCC3)CC1.[Cl-]. The van der Waals surface area contributed by atoms with Crippen LogP contribution in [0.4, 0.5) is 5.69 Å². The molecule has 0 bridgehead atoms. The molecule has 1 heterocycles. The highest BCUT2D eigenvalue weighted by molar-refractivity contribution is 5.58. The maximum absolute atomic E-state index is 10.4. The number of aliphatic hydroxyl groups excluding tert-OH is 1. The molecule has 2 aromatic carbocycles. The second-order valence-corrected chi connectivity index (χ2v) is 7.71. The normalized spacial score (nSPS) is 17.4. The Kier molecular flexibility index (Phi) is 7.64. The van der Waals surface area contributed by atoms with Crippen LogP contribution >= 0.6 is 0 Å². The molecule has 1 unspecified atom stereocenters. The standard InChI is InChI=1S/C23H30N2O3.ClH/c1-27-23-8-3-2-7-22(23)25-13-11-24(12-14-25)16-20(26)17-28-21-10-9-18-5-4-6-19(18)15-21;/h2-3,7-10,15,20,26H,4-6,11-14,16-17H2,1H3;1H/p-1. The van der Waals surface area contributed by atoms with Gasteiger partial charge >= 0.3 is 0 Å². The highest BCUT2D eigenvalue weighted by Crippen LogP contribution is 2.28. The fraction of sp³-hybridized carbons (Fsp3) is 0.478. The summed E-state index contributed by atoms with van der Waals surface area (Å²) in [4.78, 5) is 4.66. The van der Waals surface area contributed by atoms with Crippen LogP contribution in [0.5, 0.6) is 11.5 Å². The summed E-state index contributed by atoms with van der Waals surface area (Å²) in [6.07, 6.45) is 3.08. The maximum Gasteiger partial charge on any atom is 0.142 e. The van der Waals surface area contributed by atoms with Crippen LogP contribution in [0, 0.1) is 0 Å². The van der Waals surface area contributed by atoms with E-state index in [1.54, 1.807) is 7.11 Å². The van der Waals surface area contributed by atoms with Crippen molar-refractivity contribution in [3.05, 3.63) is 53.6 Å². The summed E-state index contributed by atoms with van der Waals surface area (Å²) in [7, 11) is 1.71. The number of hydrogen-bond acceptors (Lipinski definition) is 5.